The molecule has 6 heteroatoms. The molecule has 18 heavy (non-hydrogen) atoms. The van der Waals surface area contributed by atoms with Crippen molar-refractivity contribution in [2.45, 2.75) is 45.4 Å². The molecule has 0 atom stereocenters. The number of hydrogen-bond donors (Lipinski definition) is 1. The van der Waals surface area contributed by atoms with Crippen molar-refractivity contribution in [3.8, 4) is 0 Å². The van der Waals surface area contributed by atoms with Gasteiger partial charge in [0.1, 0.15) is 0 Å². The maximum Gasteiger partial charge on any atom is 0.0964 e. The Bertz CT molecular complexity index is 510. The molecule has 1 fully saturated rings. The molecule has 3 rings (SSSR count). The van der Waals surface area contributed by atoms with E-state index >= 15 is 0 Å². The van der Waals surface area contributed by atoms with Gasteiger partial charge >= 0.3 is 0 Å². The van der Waals surface area contributed by atoms with Gasteiger partial charge in [-0.2, -0.15) is 5.10 Å². The van der Waals surface area contributed by atoms with Crippen molar-refractivity contribution < 1.29 is 0 Å². The summed E-state index contributed by atoms with van der Waals surface area (Å²) in [5.41, 5.74) is 2.20. The summed E-state index contributed by atoms with van der Waals surface area (Å²) in [4.78, 5) is 0. The molecule has 2 aromatic heterocycles. The third-order valence-corrected chi connectivity index (χ3v) is 3.06. The van der Waals surface area contributed by atoms with Crippen molar-refractivity contribution in [2.24, 2.45) is 0 Å². The highest BCUT2D eigenvalue weighted by atomic mass is 15.4. The molecule has 0 aliphatic heterocycles. The van der Waals surface area contributed by atoms with Crippen LogP contribution in [0, 0.1) is 6.92 Å². The van der Waals surface area contributed by atoms with E-state index in [1.54, 1.807) is 0 Å². The molecule has 2 aromatic rings. The largest absolute Gasteiger partial charge is 0.308 e. The Hall–Kier alpha value is -1.69. The number of rotatable bonds is 6. The van der Waals surface area contributed by atoms with Gasteiger partial charge < -0.3 is 5.32 Å². The molecule has 0 aromatic carbocycles. The van der Waals surface area contributed by atoms with E-state index in [2.05, 4.69) is 20.7 Å². The van der Waals surface area contributed by atoms with E-state index in [4.69, 9.17) is 0 Å². The minimum atomic E-state index is 0.710. The van der Waals surface area contributed by atoms with Crippen LogP contribution in [0.1, 0.15) is 24.1 Å². The van der Waals surface area contributed by atoms with Crippen LogP contribution in [0.4, 0.5) is 0 Å². The summed E-state index contributed by atoms with van der Waals surface area (Å²) in [6.07, 6.45) is 8.50. The lowest BCUT2D eigenvalue weighted by Gasteiger charge is -2.00. The Labute approximate surface area is 106 Å². The average molecular weight is 246 g/mol. The second-order valence-electron chi connectivity index (χ2n) is 4.91. The van der Waals surface area contributed by atoms with E-state index in [0.29, 0.717) is 6.04 Å². The zero-order chi connectivity index (χ0) is 12.4. The molecule has 0 spiro atoms. The average Bonchev–Trinajstić information content (AvgIpc) is 2.93. The molecule has 0 amide bonds. The number of aromatic nitrogens is 5. The quantitative estimate of drug-likeness (QED) is 0.816. The highest BCUT2D eigenvalue weighted by molar-refractivity contribution is 4.99. The summed E-state index contributed by atoms with van der Waals surface area (Å²) in [6.45, 7) is 4.50. The van der Waals surface area contributed by atoms with Crippen molar-refractivity contribution in [3.05, 3.63) is 29.8 Å². The van der Waals surface area contributed by atoms with Crippen LogP contribution in [0.3, 0.4) is 0 Å². The molecule has 0 saturated heterocycles. The van der Waals surface area contributed by atoms with Crippen LogP contribution in [0.25, 0.3) is 0 Å². The lowest BCUT2D eigenvalue weighted by molar-refractivity contribution is 0.489. The number of nitrogens with one attached hydrogen (secondary N) is 1. The van der Waals surface area contributed by atoms with Gasteiger partial charge in [-0.25, -0.2) is 0 Å². The first kappa shape index (κ1) is 11.4. The molecular formula is C12H18N6. The first-order valence-electron chi connectivity index (χ1n) is 6.41. The molecular weight excluding hydrogens is 228 g/mol. The van der Waals surface area contributed by atoms with Gasteiger partial charge in [0.05, 0.1) is 25.0 Å². The van der Waals surface area contributed by atoms with Gasteiger partial charge in [0.25, 0.3) is 0 Å². The highest BCUT2D eigenvalue weighted by Crippen LogP contribution is 2.18. The predicted molar refractivity (Wildman–Crippen MR) is 66.8 cm³/mol. The minimum absolute atomic E-state index is 0.710. The minimum Gasteiger partial charge on any atom is -0.308 e. The number of aryl methyl sites for hydroxylation is 3. The molecule has 0 bridgehead atoms. The van der Waals surface area contributed by atoms with Crippen molar-refractivity contribution >= 4 is 0 Å². The Morgan fingerprint density at radius 3 is 2.83 bits per heavy atom. The van der Waals surface area contributed by atoms with Crippen LogP contribution in [-0.2, 0) is 19.6 Å². The maximum atomic E-state index is 4.25. The van der Waals surface area contributed by atoms with Gasteiger partial charge in [-0.3, -0.25) is 9.36 Å². The lowest BCUT2D eigenvalue weighted by atomic mass is 10.4. The Kier molecular flexibility index (Phi) is 3.10. The Morgan fingerprint density at radius 1 is 1.28 bits per heavy atom. The second kappa shape index (κ2) is 4.89. The van der Waals surface area contributed by atoms with Gasteiger partial charge in [0.15, 0.2) is 0 Å². The number of hydrogen-bond acceptors (Lipinski definition) is 4. The monoisotopic (exact) mass is 246 g/mol. The van der Waals surface area contributed by atoms with E-state index in [9.17, 15) is 0 Å². The third kappa shape index (κ3) is 2.95. The van der Waals surface area contributed by atoms with Gasteiger partial charge in [-0.15, -0.1) is 5.10 Å². The molecule has 96 valence electrons. The Morgan fingerprint density at radius 2 is 2.11 bits per heavy atom. The van der Waals surface area contributed by atoms with E-state index in [0.717, 1.165) is 25.3 Å². The standard InChI is InChI=1S/C12H18N6/c1-10-6-14-17(8-10)4-5-18-9-12(15-16-18)7-13-11-2-3-11/h6,8-9,11,13H,2-5,7H2,1H3. The smallest absolute Gasteiger partial charge is 0.0964 e. The van der Waals surface area contributed by atoms with Gasteiger partial charge in [0, 0.05) is 25.0 Å². The predicted octanol–water partition coefficient (Wildman–Crippen LogP) is 0.735. The van der Waals surface area contributed by atoms with E-state index < -0.39 is 0 Å². The molecule has 2 heterocycles. The summed E-state index contributed by atoms with van der Waals surface area (Å²) in [6, 6.07) is 0.710. The summed E-state index contributed by atoms with van der Waals surface area (Å²) in [7, 11) is 0. The van der Waals surface area contributed by atoms with Crippen LogP contribution in [0.15, 0.2) is 18.6 Å². The van der Waals surface area contributed by atoms with Crippen LogP contribution in [0.2, 0.25) is 0 Å². The van der Waals surface area contributed by atoms with Gasteiger partial charge in [-0.1, -0.05) is 5.21 Å². The molecule has 0 unspecified atom stereocenters. The molecule has 6 nitrogen and oxygen atoms in total. The van der Waals surface area contributed by atoms with Gasteiger partial charge in [-0.05, 0) is 25.3 Å². The second-order valence-corrected chi connectivity index (χ2v) is 4.91. The van der Waals surface area contributed by atoms with Gasteiger partial charge in [0.2, 0.25) is 0 Å². The van der Waals surface area contributed by atoms with Crippen LogP contribution >= 0.6 is 0 Å². The summed E-state index contributed by atoms with van der Waals surface area (Å²) in [5, 5.41) is 16.0. The van der Waals surface area contributed by atoms with Crippen molar-refractivity contribution in [3.63, 3.8) is 0 Å². The van der Waals surface area contributed by atoms with Crippen molar-refractivity contribution in [1.82, 2.24) is 30.1 Å². The SMILES string of the molecule is Cc1cnn(CCn2cc(CNC3CC3)nn2)c1. The molecule has 1 N–H and O–H groups in total. The fourth-order valence-corrected chi connectivity index (χ4v) is 1.86. The molecule has 1 saturated carbocycles. The summed E-state index contributed by atoms with van der Waals surface area (Å²) in [5.74, 6) is 0. The first-order chi connectivity index (χ1) is 8.79. The zero-order valence-corrected chi connectivity index (χ0v) is 10.6. The van der Waals surface area contributed by atoms with Crippen molar-refractivity contribution in [2.75, 3.05) is 0 Å². The van der Waals surface area contributed by atoms with E-state index in [1.165, 1.54) is 18.4 Å². The van der Waals surface area contributed by atoms with Crippen LogP contribution in [0.5, 0.6) is 0 Å². The normalized spacial score (nSPS) is 15.2. The highest BCUT2D eigenvalue weighted by Gasteiger charge is 2.20. The van der Waals surface area contributed by atoms with Crippen LogP contribution in [-0.4, -0.2) is 30.8 Å². The summed E-state index contributed by atoms with van der Waals surface area (Å²) >= 11 is 0. The van der Waals surface area contributed by atoms with Crippen LogP contribution < -0.4 is 5.32 Å². The third-order valence-electron chi connectivity index (χ3n) is 3.06. The topological polar surface area (TPSA) is 60.6 Å². The van der Waals surface area contributed by atoms with Crippen molar-refractivity contribution in [1.29, 1.82) is 0 Å². The first-order valence-corrected chi connectivity index (χ1v) is 6.41. The maximum absolute atomic E-state index is 4.25. The molecule has 1 aliphatic carbocycles. The lowest BCUT2D eigenvalue weighted by Crippen LogP contribution is -2.15. The van der Waals surface area contributed by atoms with E-state index in [1.807, 2.05) is 34.9 Å². The number of nitrogens with zero attached hydrogens (tertiary/aromatic N) is 5. The van der Waals surface area contributed by atoms with E-state index in [-0.39, 0.29) is 0 Å². The molecule has 1 aliphatic rings. The Balaban J connectivity index is 1.49. The molecule has 0 radical (unpaired) electrons. The fourth-order valence-electron chi connectivity index (χ4n) is 1.86. The fraction of sp³-hybridized carbons (Fsp3) is 0.583. The summed E-state index contributed by atoms with van der Waals surface area (Å²) < 4.78 is 3.81. The zero-order valence-electron chi connectivity index (χ0n) is 10.6.